The predicted molar refractivity (Wildman–Crippen MR) is 74.4 cm³/mol. The Morgan fingerprint density at radius 1 is 1.37 bits per heavy atom. The van der Waals surface area contributed by atoms with Gasteiger partial charge in [0.05, 0.1) is 26.3 Å². The molecule has 1 aromatic rings. The van der Waals surface area contributed by atoms with E-state index in [0.29, 0.717) is 12.2 Å². The number of nitrogens with one attached hydrogen (secondary N) is 1. The Kier molecular flexibility index (Phi) is 5.63. The lowest BCUT2D eigenvalue weighted by atomic mass is 10.1. The molecule has 0 saturated carbocycles. The van der Waals surface area contributed by atoms with Crippen molar-refractivity contribution in [2.45, 2.75) is 32.4 Å². The van der Waals surface area contributed by atoms with Gasteiger partial charge in [0.2, 0.25) is 5.91 Å². The summed E-state index contributed by atoms with van der Waals surface area (Å²) in [5.74, 6) is 1.26. The van der Waals surface area contributed by atoms with Crippen LogP contribution in [0.15, 0.2) is 18.2 Å². The maximum absolute atomic E-state index is 11.8. The summed E-state index contributed by atoms with van der Waals surface area (Å²) in [5.41, 5.74) is 6.56. The zero-order valence-corrected chi connectivity index (χ0v) is 11.9. The summed E-state index contributed by atoms with van der Waals surface area (Å²) in [6.45, 7) is 3.76. The molecule has 1 aromatic carbocycles. The van der Waals surface area contributed by atoms with Crippen LogP contribution in [0.1, 0.15) is 31.9 Å². The van der Waals surface area contributed by atoms with Crippen LogP contribution in [-0.4, -0.2) is 26.2 Å². The summed E-state index contributed by atoms with van der Waals surface area (Å²) in [4.78, 5) is 11.8. The van der Waals surface area contributed by atoms with Gasteiger partial charge in [0.25, 0.3) is 0 Å². The number of rotatable bonds is 6. The monoisotopic (exact) mass is 266 g/mol. The highest BCUT2D eigenvalue weighted by molar-refractivity contribution is 5.81. The molecule has 0 bridgehead atoms. The average Bonchev–Trinajstić information content (AvgIpc) is 2.45. The molecule has 3 N–H and O–H groups in total. The molecule has 0 aromatic heterocycles. The minimum absolute atomic E-state index is 0.167. The van der Waals surface area contributed by atoms with Crippen LogP contribution in [0.25, 0.3) is 0 Å². The predicted octanol–water partition coefficient (Wildman–Crippen LogP) is 1.62. The fourth-order valence-electron chi connectivity index (χ4n) is 1.76. The van der Waals surface area contributed by atoms with E-state index in [2.05, 4.69) is 5.32 Å². The maximum Gasteiger partial charge on any atom is 0.237 e. The van der Waals surface area contributed by atoms with Crippen LogP contribution in [0.5, 0.6) is 11.5 Å². The summed E-state index contributed by atoms with van der Waals surface area (Å²) < 4.78 is 10.5. The molecule has 0 fully saturated rings. The molecule has 0 aliphatic rings. The highest BCUT2D eigenvalue weighted by atomic mass is 16.5. The van der Waals surface area contributed by atoms with Gasteiger partial charge in [-0.2, -0.15) is 0 Å². The number of carbonyl (C=O) groups excluding carboxylic acids is 1. The van der Waals surface area contributed by atoms with Gasteiger partial charge in [-0.1, -0.05) is 6.92 Å². The van der Waals surface area contributed by atoms with E-state index >= 15 is 0 Å². The van der Waals surface area contributed by atoms with Gasteiger partial charge >= 0.3 is 0 Å². The lowest BCUT2D eigenvalue weighted by molar-refractivity contribution is -0.123. The molecule has 5 heteroatoms. The molecule has 0 saturated heterocycles. The SMILES string of the molecule is CC[C@@H](N)C(=O)NC(C)c1cc(OC)ccc1OC. The van der Waals surface area contributed by atoms with E-state index in [0.717, 1.165) is 11.3 Å². The highest BCUT2D eigenvalue weighted by Gasteiger charge is 2.18. The van der Waals surface area contributed by atoms with Crippen LogP contribution in [0.3, 0.4) is 0 Å². The van der Waals surface area contributed by atoms with Crippen molar-refractivity contribution in [3.8, 4) is 11.5 Å². The van der Waals surface area contributed by atoms with E-state index in [-0.39, 0.29) is 11.9 Å². The van der Waals surface area contributed by atoms with Gasteiger partial charge in [0.1, 0.15) is 11.5 Å². The molecule has 1 rings (SSSR count). The number of methoxy groups -OCH3 is 2. The van der Waals surface area contributed by atoms with Crippen LogP contribution in [0, 0.1) is 0 Å². The second-order valence-corrected chi connectivity index (χ2v) is 4.35. The third kappa shape index (κ3) is 3.86. The average molecular weight is 266 g/mol. The largest absolute Gasteiger partial charge is 0.497 e. The van der Waals surface area contributed by atoms with E-state index in [9.17, 15) is 4.79 Å². The van der Waals surface area contributed by atoms with Gasteiger partial charge in [-0.3, -0.25) is 4.79 Å². The van der Waals surface area contributed by atoms with Crippen molar-refractivity contribution in [2.75, 3.05) is 14.2 Å². The second kappa shape index (κ2) is 6.99. The lowest BCUT2D eigenvalue weighted by Crippen LogP contribution is -2.41. The van der Waals surface area contributed by atoms with Gasteiger partial charge in [-0.05, 0) is 31.5 Å². The van der Waals surface area contributed by atoms with Crippen molar-refractivity contribution in [2.24, 2.45) is 5.73 Å². The first kappa shape index (κ1) is 15.3. The maximum atomic E-state index is 11.8. The molecular weight excluding hydrogens is 244 g/mol. The second-order valence-electron chi connectivity index (χ2n) is 4.35. The Morgan fingerprint density at radius 2 is 2.05 bits per heavy atom. The van der Waals surface area contributed by atoms with Crippen molar-refractivity contribution in [3.05, 3.63) is 23.8 Å². The van der Waals surface area contributed by atoms with Crippen molar-refractivity contribution < 1.29 is 14.3 Å². The van der Waals surface area contributed by atoms with Gasteiger partial charge < -0.3 is 20.5 Å². The summed E-state index contributed by atoms with van der Waals surface area (Å²) >= 11 is 0. The van der Waals surface area contributed by atoms with Crippen LogP contribution >= 0.6 is 0 Å². The Morgan fingerprint density at radius 3 is 2.58 bits per heavy atom. The topological polar surface area (TPSA) is 73.6 Å². The molecule has 0 aliphatic carbocycles. The van der Waals surface area contributed by atoms with Gasteiger partial charge in [-0.25, -0.2) is 0 Å². The molecule has 1 amide bonds. The molecule has 0 heterocycles. The molecule has 106 valence electrons. The number of ether oxygens (including phenoxy) is 2. The zero-order valence-electron chi connectivity index (χ0n) is 11.9. The van der Waals surface area contributed by atoms with E-state index in [1.54, 1.807) is 14.2 Å². The Bertz CT molecular complexity index is 435. The van der Waals surface area contributed by atoms with Crippen molar-refractivity contribution in [3.63, 3.8) is 0 Å². The molecule has 0 aliphatic heterocycles. The quantitative estimate of drug-likeness (QED) is 0.820. The standard InChI is InChI=1S/C14H22N2O3/c1-5-12(15)14(17)16-9(2)11-8-10(18-3)6-7-13(11)19-4/h6-9,12H,5,15H2,1-4H3,(H,16,17)/t9?,12-/m1/s1. The Hall–Kier alpha value is -1.75. The highest BCUT2D eigenvalue weighted by Crippen LogP contribution is 2.29. The number of hydrogen-bond donors (Lipinski definition) is 2. The third-order valence-corrected chi connectivity index (χ3v) is 3.04. The van der Waals surface area contributed by atoms with E-state index < -0.39 is 6.04 Å². The summed E-state index contributed by atoms with van der Waals surface area (Å²) in [6, 6.07) is 4.79. The normalized spacial score (nSPS) is 13.5. The fourth-order valence-corrected chi connectivity index (χ4v) is 1.76. The first-order valence-electron chi connectivity index (χ1n) is 6.31. The number of carbonyl (C=O) groups is 1. The van der Waals surface area contributed by atoms with Gasteiger partial charge in [-0.15, -0.1) is 0 Å². The molecule has 19 heavy (non-hydrogen) atoms. The van der Waals surface area contributed by atoms with Crippen LogP contribution in [0.2, 0.25) is 0 Å². The van der Waals surface area contributed by atoms with Crippen LogP contribution in [-0.2, 0) is 4.79 Å². The zero-order chi connectivity index (χ0) is 14.4. The third-order valence-electron chi connectivity index (χ3n) is 3.04. The van der Waals surface area contributed by atoms with Crippen LogP contribution < -0.4 is 20.5 Å². The van der Waals surface area contributed by atoms with Crippen molar-refractivity contribution >= 4 is 5.91 Å². The smallest absolute Gasteiger partial charge is 0.237 e. The first-order chi connectivity index (χ1) is 9.03. The summed E-state index contributed by atoms with van der Waals surface area (Å²) in [6.07, 6.45) is 0.605. The van der Waals surface area contributed by atoms with E-state index in [1.807, 2.05) is 32.0 Å². The van der Waals surface area contributed by atoms with Gasteiger partial charge in [0, 0.05) is 5.56 Å². The van der Waals surface area contributed by atoms with Crippen LogP contribution in [0.4, 0.5) is 0 Å². The van der Waals surface area contributed by atoms with E-state index in [4.69, 9.17) is 15.2 Å². The molecule has 0 radical (unpaired) electrons. The Balaban J connectivity index is 2.91. The Labute approximate surface area is 114 Å². The number of benzene rings is 1. The fraction of sp³-hybridized carbons (Fsp3) is 0.500. The lowest BCUT2D eigenvalue weighted by Gasteiger charge is -2.20. The van der Waals surface area contributed by atoms with Gasteiger partial charge in [0.15, 0.2) is 0 Å². The van der Waals surface area contributed by atoms with Crippen molar-refractivity contribution in [1.29, 1.82) is 0 Å². The number of amides is 1. The molecule has 2 atom stereocenters. The summed E-state index contributed by atoms with van der Waals surface area (Å²) in [7, 11) is 3.19. The van der Waals surface area contributed by atoms with E-state index in [1.165, 1.54) is 0 Å². The number of hydrogen-bond acceptors (Lipinski definition) is 4. The number of nitrogens with two attached hydrogens (primary N) is 1. The molecule has 0 spiro atoms. The van der Waals surface area contributed by atoms with Crippen molar-refractivity contribution in [1.82, 2.24) is 5.32 Å². The first-order valence-corrected chi connectivity index (χ1v) is 6.31. The molecular formula is C14H22N2O3. The summed E-state index contributed by atoms with van der Waals surface area (Å²) in [5, 5.41) is 2.87. The molecule has 1 unspecified atom stereocenters. The minimum Gasteiger partial charge on any atom is -0.497 e. The molecule has 5 nitrogen and oxygen atoms in total. The minimum atomic E-state index is -0.487.